The van der Waals surface area contributed by atoms with Gasteiger partial charge in [-0.2, -0.15) is 0 Å². The van der Waals surface area contributed by atoms with Crippen LogP contribution in [0.1, 0.15) is 24.1 Å². The molecule has 0 aliphatic rings. The van der Waals surface area contributed by atoms with Gasteiger partial charge in [0.05, 0.1) is 17.2 Å². The molecule has 0 aliphatic heterocycles. The number of carboxylic acids is 1. The smallest absolute Gasteiger partial charge is 0.549 e. The van der Waals surface area contributed by atoms with Crippen LogP contribution in [0, 0.1) is 0 Å². The fraction of sp³-hybridized carbons (Fsp3) is 0.158. The molecule has 26 heavy (non-hydrogen) atoms. The summed E-state index contributed by atoms with van der Waals surface area (Å²) < 4.78 is 5.93. The van der Waals surface area contributed by atoms with Crippen LogP contribution in [0.25, 0.3) is 10.6 Å². The van der Waals surface area contributed by atoms with E-state index in [0.29, 0.717) is 28.1 Å². The summed E-state index contributed by atoms with van der Waals surface area (Å²) in [5, 5.41) is 14.0. The summed E-state index contributed by atoms with van der Waals surface area (Å²) in [5.74, 6) is -1.27. The first-order chi connectivity index (χ1) is 12.0. The minimum Gasteiger partial charge on any atom is -0.549 e. The molecule has 1 heterocycles. The van der Waals surface area contributed by atoms with Crippen molar-refractivity contribution in [2.75, 3.05) is 0 Å². The maximum atomic E-state index is 11.0. The van der Waals surface area contributed by atoms with E-state index in [1.807, 2.05) is 30.3 Å². The molecule has 0 radical (unpaired) electrons. The van der Waals surface area contributed by atoms with E-state index in [4.69, 9.17) is 16.3 Å². The molecule has 0 fully saturated rings. The van der Waals surface area contributed by atoms with Crippen molar-refractivity contribution in [3.8, 4) is 16.3 Å². The van der Waals surface area contributed by atoms with Crippen LogP contribution in [0.5, 0.6) is 5.75 Å². The number of nitrogens with zero attached hydrogens (tertiary/aromatic N) is 1. The van der Waals surface area contributed by atoms with Crippen molar-refractivity contribution in [3.05, 3.63) is 70.2 Å². The summed E-state index contributed by atoms with van der Waals surface area (Å²) >= 11 is 7.47. The number of carbonyl (C=O) groups is 1. The summed E-state index contributed by atoms with van der Waals surface area (Å²) in [6, 6.07) is 15.2. The predicted octanol–water partition coefficient (Wildman–Crippen LogP) is 0.900. The van der Waals surface area contributed by atoms with E-state index in [-0.39, 0.29) is 29.6 Å². The molecule has 1 atom stereocenters. The van der Waals surface area contributed by atoms with Gasteiger partial charge in [-0.15, -0.1) is 11.3 Å². The zero-order valence-corrected chi connectivity index (χ0v) is 18.0. The predicted molar refractivity (Wildman–Crippen MR) is 96.8 cm³/mol. The molecular formula is C19H15ClNNaO3S. The van der Waals surface area contributed by atoms with Crippen LogP contribution in [-0.4, -0.2) is 11.0 Å². The van der Waals surface area contributed by atoms with E-state index >= 15 is 0 Å². The second-order valence-electron chi connectivity index (χ2n) is 5.53. The molecule has 2 aromatic carbocycles. The molecule has 7 heteroatoms. The van der Waals surface area contributed by atoms with E-state index in [1.165, 1.54) is 11.3 Å². The summed E-state index contributed by atoms with van der Waals surface area (Å²) in [7, 11) is 0. The van der Waals surface area contributed by atoms with Crippen molar-refractivity contribution in [1.82, 2.24) is 4.98 Å². The number of hydrogen-bond donors (Lipinski definition) is 0. The third kappa shape index (κ3) is 5.09. The number of hydrogen-bond acceptors (Lipinski definition) is 5. The van der Waals surface area contributed by atoms with Gasteiger partial charge in [-0.3, -0.25) is 0 Å². The Balaban J connectivity index is 0.00000243. The number of halogens is 1. The van der Waals surface area contributed by atoms with Crippen molar-refractivity contribution in [3.63, 3.8) is 0 Å². The van der Waals surface area contributed by atoms with Gasteiger partial charge >= 0.3 is 29.6 Å². The standard InChI is InChI=1S/C19H16ClNO3S.Na/c1-12(19(22)23)16-11-25-18(21-16)15-9-14(20)7-8-17(15)24-10-13-5-3-2-4-6-13;/h2-9,11-12H,10H2,1H3,(H,22,23);/q;+1/p-1. The van der Waals surface area contributed by atoms with Gasteiger partial charge in [0.2, 0.25) is 0 Å². The summed E-state index contributed by atoms with van der Waals surface area (Å²) in [4.78, 5) is 15.5. The Morgan fingerprint density at radius 1 is 1.27 bits per heavy atom. The average molecular weight is 396 g/mol. The zero-order valence-electron chi connectivity index (χ0n) is 14.4. The fourth-order valence-electron chi connectivity index (χ4n) is 2.26. The van der Waals surface area contributed by atoms with Gasteiger partial charge in [0.25, 0.3) is 0 Å². The maximum Gasteiger partial charge on any atom is 1.00 e. The molecule has 3 aromatic rings. The van der Waals surface area contributed by atoms with Gasteiger partial charge in [0.1, 0.15) is 17.4 Å². The first-order valence-corrected chi connectivity index (χ1v) is 8.93. The monoisotopic (exact) mass is 395 g/mol. The van der Waals surface area contributed by atoms with Crippen LogP contribution in [0.4, 0.5) is 0 Å². The Morgan fingerprint density at radius 2 is 2.00 bits per heavy atom. The normalized spacial score (nSPS) is 11.5. The number of ether oxygens (including phenoxy) is 1. The van der Waals surface area contributed by atoms with E-state index in [0.717, 1.165) is 11.1 Å². The number of aromatic nitrogens is 1. The molecule has 4 nitrogen and oxygen atoms in total. The molecule has 0 amide bonds. The third-order valence-electron chi connectivity index (χ3n) is 3.73. The van der Waals surface area contributed by atoms with Gasteiger partial charge in [0.15, 0.2) is 0 Å². The van der Waals surface area contributed by atoms with Gasteiger partial charge in [-0.05, 0) is 23.8 Å². The minimum absolute atomic E-state index is 0. The van der Waals surface area contributed by atoms with Crippen LogP contribution in [0.2, 0.25) is 5.02 Å². The van der Waals surface area contributed by atoms with E-state index in [9.17, 15) is 9.90 Å². The number of aliphatic carboxylic acids is 1. The fourth-order valence-corrected chi connectivity index (χ4v) is 3.37. The van der Waals surface area contributed by atoms with Gasteiger partial charge in [-0.1, -0.05) is 48.9 Å². The molecule has 0 saturated heterocycles. The average Bonchev–Trinajstić information content (AvgIpc) is 3.10. The molecule has 1 aromatic heterocycles. The molecule has 1 unspecified atom stereocenters. The van der Waals surface area contributed by atoms with Crippen molar-refractivity contribution in [2.24, 2.45) is 0 Å². The van der Waals surface area contributed by atoms with Crippen molar-refractivity contribution in [2.45, 2.75) is 19.4 Å². The van der Waals surface area contributed by atoms with Crippen molar-refractivity contribution < 1.29 is 44.2 Å². The minimum atomic E-state index is -1.15. The molecule has 3 rings (SSSR count). The van der Waals surface area contributed by atoms with E-state index in [1.54, 1.807) is 30.5 Å². The Morgan fingerprint density at radius 3 is 2.69 bits per heavy atom. The molecular weight excluding hydrogens is 381 g/mol. The van der Waals surface area contributed by atoms with Gasteiger partial charge in [-0.25, -0.2) is 4.98 Å². The zero-order chi connectivity index (χ0) is 17.8. The summed E-state index contributed by atoms with van der Waals surface area (Å²) in [5.41, 5.74) is 2.26. The molecule has 0 aliphatic carbocycles. The molecule has 0 saturated carbocycles. The van der Waals surface area contributed by atoms with Crippen LogP contribution in [0.3, 0.4) is 0 Å². The van der Waals surface area contributed by atoms with E-state index in [2.05, 4.69) is 4.98 Å². The summed E-state index contributed by atoms with van der Waals surface area (Å²) in [6.45, 7) is 1.97. The molecule has 0 N–H and O–H groups in total. The van der Waals surface area contributed by atoms with Gasteiger partial charge in [0, 0.05) is 16.3 Å². The summed E-state index contributed by atoms with van der Waals surface area (Å²) in [6.07, 6.45) is 0. The maximum absolute atomic E-state index is 11.0. The molecule has 0 spiro atoms. The SMILES string of the molecule is CC(C(=O)[O-])c1csc(-c2cc(Cl)ccc2OCc2ccccc2)n1.[Na+]. The van der Waals surface area contributed by atoms with Crippen LogP contribution in [0.15, 0.2) is 53.9 Å². The van der Waals surface area contributed by atoms with E-state index < -0.39 is 11.9 Å². The number of thiazole rings is 1. The molecule has 128 valence electrons. The largest absolute Gasteiger partial charge is 1.00 e. The number of carboxylic acid groups (broad SMARTS) is 1. The number of rotatable bonds is 6. The Bertz CT molecular complexity index is 886. The first kappa shape index (κ1) is 20.9. The van der Waals surface area contributed by atoms with Crippen LogP contribution in [-0.2, 0) is 11.4 Å². The van der Waals surface area contributed by atoms with Crippen molar-refractivity contribution >= 4 is 28.9 Å². The Hall–Kier alpha value is -1.37. The first-order valence-electron chi connectivity index (χ1n) is 7.67. The number of carbonyl (C=O) groups excluding carboxylic acids is 1. The quantitative estimate of drug-likeness (QED) is 0.582. The van der Waals surface area contributed by atoms with Crippen molar-refractivity contribution in [1.29, 1.82) is 0 Å². The van der Waals surface area contributed by atoms with Crippen LogP contribution < -0.4 is 39.4 Å². The topological polar surface area (TPSA) is 62.2 Å². The second-order valence-corrected chi connectivity index (χ2v) is 6.83. The second kappa shape index (κ2) is 9.53. The molecule has 0 bridgehead atoms. The van der Waals surface area contributed by atoms with Gasteiger partial charge < -0.3 is 14.6 Å². The number of benzene rings is 2. The Kier molecular flexibility index (Phi) is 7.68. The Labute approximate surface area is 183 Å². The van der Waals surface area contributed by atoms with Crippen LogP contribution >= 0.6 is 22.9 Å². The third-order valence-corrected chi connectivity index (χ3v) is 4.86.